The summed E-state index contributed by atoms with van der Waals surface area (Å²) in [5.41, 5.74) is 0.950. The molecule has 3 aliphatic rings. The maximum atomic E-state index is 14.2. The number of ether oxygens (including phenoxy) is 3. The summed E-state index contributed by atoms with van der Waals surface area (Å²) in [7, 11) is -2.18. The van der Waals surface area contributed by atoms with Gasteiger partial charge in [-0.1, -0.05) is 39.9 Å². The van der Waals surface area contributed by atoms with E-state index in [1.54, 1.807) is 4.90 Å². The zero-order valence-corrected chi connectivity index (χ0v) is 37.5. The molecule has 0 bridgehead atoms. The monoisotopic (exact) mass is 884 g/mol. The molecule has 5 rings (SSSR count). The molecule has 0 radical (unpaired) electrons. The van der Waals surface area contributed by atoms with Gasteiger partial charge in [0.05, 0.1) is 21.9 Å². The van der Waals surface area contributed by atoms with E-state index in [1.807, 2.05) is 18.7 Å². The molecule has 0 saturated carbocycles. The Hall–Kier alpha value is -5.05. The molecule has 1 unspecified atom stereocenters. The molecule has 0 spiro atoms. The second kappa shape index (κ2) is 19.8. The first kappa shape index (κ1) is 47.0. The number of likely N-dealkylation sites (tertiary alicyclic amines) is 1. The van der Waals surface area contributed by atoms with Crippen LogP contribution in [0.25, 0.3) is 0 Å². The van der Waals surface area contributed by atoms with Gasteiger partial charge in [-0.2, -0.15) is 0 Å². The second-order valence-electron chi connectivity index (χ2n) is 17.4. The molecule has 3 amide bonds. The lowest BCUT2D eigenvalue weighted by molar-refractivity contribution is -0.385. The van der Waals surface area contributed by atoms with Crippen molar-refractivity contribution in [1.29, 1.82) is 0 Å². The van der Waals surface area contributed by atoms with E-state index in [-0.39, 0.29) is 85.0 Å². The molecule has 6 atom stereocenters. The van der Waals surface area contributed by atoms with E-state index in [2.05, 4.69) is 39.2 Å². The van der Waals surface area contributed by atoms with Crippen LogP contribution in [-0.2, 0) is 41.4 Å². The number of hydrogen-bond acceptors (Lipinski definition) is 14. The number of β-lactam (4-membered cyclic amide) rings is 1. The van der Waals surface area contributed by atoms with Crippen LogP contribution in [-0.4, -0.2) is 126 Å². The number of benzene rings is 2. The fraction of sp³-hybridized carbons (Fsp3) is 0.585. The Bertz CT molecular complexity index is 1950. The number of nitrogens with zero attached hydrogens (tertiary/aromatic N) is 5. The summed E-state index contributed by atoms with van der Waals surface area (Å²) >= 11 is 6.08. The summed E-state index contributed by atoms with van der Waals surface area (Å²) in [6, 6.07) is 10.2. The SMILES string of the molecule is CC(O[Si](C)(C)C(C)(C)C)[C@@H]1C(=O)N[C@@H]1[C@@H](C)C(=S)[C@H]1C[C@@H](C(=O)N2CCN(CCOC(=O)OCc3ccc([N+](=O)[O-])cc3)CC2)N(C(=O)OCc2ccc([N+](=O)[O-])cc2)C1. The zero-order chi connectivity index (χ0) is 44.8. The van der Waals surface area contributed by atoms with E-state index >= 15 is 0 Å². The summed E-state index contributed by atoms with van der Waals surface area (Å²) in [6.45, 7) is 16.7. The Kier molecular flexibility index (Phi) is 15.2. The third-order valence-electron chi connectivity index (χ3n) is 12.3. The van der Waals surface area contributed by atoms with Gasteiger partial charge in [-0.25, -0.2) is 9.59 Å². The summed E-state index contributed by atoms with van der Waals surface area (Å²) in [5.74, 6) is -1.35. The molecule has 2 aromatic carbocycles. The quantitative estimate of drug-likeness (QED) is 0.0523. The van der Waals surface area contributed by atoms with Gasteiger partial charge in [-0.3, -0.25) is 39.6 Å². The summed E-state index contributed by atoms with van der Waals surface area (Å²) in [6.07, 6.45) is -1.65. The normalized spacial score (nSPS) is 21.7. The molecule has 3 aliphatic heterocycles. The highest BCUT2D eigenvalue weighted by molar-refractivity contribution is 7.80. The topological polar surface area (TPSA) is 213 Å². The van der Waals surface area contributed by atoms with Gasteiger partial charge in [0.25, 0.3) is 11.4 Å². The number of amides is 3. The number of hydrogen-bond donors (Lipinski definition) is 1. The number of nitrogens with one attached hydrogen (secondary N) is 1. The van der Waals surface area contributed by atoms with Crippen LogP contribution in [0.1, 0.15) is 52.2 Å². The van der Waals surface area contributed by atoms with Crippen LogP contribution in [0.15, 0.2) is 48.5 Å². The van der Waals surface area contributed by atoms with Crippen LogP contribution in [0, 0.1) is 38.0 Å². The van der Waals surface area contributed by atoms with Crippen molar-refractivity contribution in [2.24, 2.45) is 17.8 Å². The molecular formula is C41H56N6O12SSi. The van der Waals surface area contributed by atoms with Crippen LogP contribution in [0.4, 0.5) is 21.0 Å². The van der Waals surface area contributed by atoms with Crippen molar-refractivity contribution >= 4 is 60.8 Å². The largest absolute Gasteiger partial charge is 0.508 e. The van der Waals surface area contributed by atoms with E-state index in [9.17, 15) is 39.4 Å². The van der Waals surface area contributed by atoms with Crippen LogP contribution >= 0.6 is 12.2 Å². The molecule has 20 heteroatoms. The van der Waals surface area contributed by atoms with E-state index < -0.39 is 42.4 Å². The smallest absolute Gasteiger partial charge is 0.445 e. The summed E-state index contributed by atoms with van der Waals surface area (Å²) < 4.78 is 22.6. The third kappa shape index (κ3) is 11.7. The van der Waals surface area contributed by atoms with E-state index in [1.165, 1.54) is 53.4 Å². The molecule has 0 aromatic heterocycles. The first-order valence-corrected chi connectivity index (χ1v) is 23.7. The number of nitro benzene ring substituents is 2. The highest BCUT2D eigenvalue weighted by Crippen LogP contribution is 2.40. The molecule has 18 nitrogen and oxygen atoms in total. The van der Waals surface area contributed by atoms with Crippen molar-refractivity contribution in [2.45, 2.75) is 90.6 Å². The van der Waals surface area contributed by atoms with Crippen molar-refractivity contribution in [1.82, 2.24) is 20.0 Å². The van der Waals surface area contributed by atoms with E-state index in [0.717, 1.165) is 0 Å². The molecule has 3 saturated heterocycles. The first-order chi connectivity index (χ1) is 28.7. The maximum absolute atomic E-state index is 14.2. The minimum atomic E-state index is -2.18. The number of nitro groups is 2. The fourth-order valence-corrected chi connectivity index (χ4v) is 9.35. The Morgan fingerprint density at radius 3 is 1.93 bits per heavy atom. The Morgan fingerprint density at radius 1 is 0.885 bits per heavy atom. The number of carbonyl (C=O) groups is 4. The predicted molar refractivity (Wildman–Crippen MR) is 229 cm³/mol. The van der Waals surface area contributed by atoms with Crippen molar-refractivity contribution in [3.63, 3.8) is 0 Å². The third-order valence-corrected chi connectivity index (χ3v) is 17.6. The molecule has 332 valence electrons. The van der Waals surface area contributed by atoms with Crippen molar-refractivity contribution < 1.29 is 47.7 Å². The molecule has 1 N–H and O–H groups in total. The van der Waals surface area contributed by atoms with Crippen molar-refractivity contribution in [3.8, 4) is 0 Å². The van der Waals surface area contributed by atoms with Gasteiger partial charge in [0.2, 0.25) is 11.8 Å². The molecule has 3 fully saturated rings. The van der Waals surface area contributed by atoms with E-state index in [4.69, 9.17) is 30.9 Å². The van der Waals surface area contributed by atoms with Crippen LogP contribution in [0.5, 0.6) is 0 Å². The number of non-ortho nitro benzene ring substituents is 2. The highest BCUT2D eigenvalue weighted by atomic mass is 32.1. The first-order valence-electron chi connectivity index (χ1n) is 20.4. The second-order valence-corrected chi connectivity index (χ2v) is 22.6. The molecular weight excluding hydrogens is 829 g/mol. The Labute approximate surface area is 361 Å². The standard InChI is InChI=1S/C41H56N6O12SSi/c1-26(35-34(37(48)42-35)27(2)59-61(6,7)41(3,4)5)36(60)30-22-33(45(23-30)39(50)57-24-28-8-12-31(13-9-28)46(52)53)38(49)44-18-16-43(17-19-44)20-21-56-40(51)58-25-29-10-14-32(15-11-29)47(54)55/h8-15,26-27,30,33-35H,16-25H2,1-7H3,(H,42,48)/t26-,27?,30+,33+,34+,35-/m1/s1. The van der Waals surface area contributed by atoms with Crippen molar-refractivity contribution in [3.05, 3.63) is 79.9 Å². The van der Waals surface area contributed by atoms with Gasteiger partial charge < -0.3 is 28.9 Å². The Balaban J connectivity index is 1.18. The van der Waals surface area contributed by atoms with Crippen molar-refractivity contribution in [2.75, 3.05) is 45.9 Å². The minimum Gasteiger partial charge on any atom is -0.445 e. The number of carbonyl (C=O) groups excluding carboxylic acids is 4. The number of thiocarbonyl (C=S) groups is 1. The summed E-state index contributed by atoms with van der Waals surface area (Å²) in [4.78, 5) is 79.9. The number of rotatable bonds is 16. The van der Waals surface area contributed by atoms with Gasteiger partial charge in [-0.15, -0.1) is 0 Å². The van der Waals surface area contributed by atoms with Gasteiger partial charge >= 0.3 is 12.2 Å². The minimum absolute atomic E-state index is 0.0435. The van der Waals surface area contributed by atoms with Crippen LogP contribution in [0.2, 0.25) is 18.1 Å². The summed E-state index contributed by atoms with van der Waals surface area (Å²) in [5, 5.41) is 25.0. The maximum Gasteiger partial charge on any atom is 0.508 e. The van der Waals surface area contributed by atoms with Gasteiger partial charge in [0.1, 0.15) is 25.9 Å². The molecule has 0 aliphatic carbocycles. The van der Waals surface area contributed by atoms with Gasteiger partial charge in [0, 0.05) is 86.3 Å². The lowest BCUT2D eigenvalue weighted by Gasteiger charge is -2.47. The number of piperazine rings is 1. The van der Waals surface area contributed by atoms with Crippen LogP contribution in [0.3, 0.4) is 0 Å². The highest BCUT2D eigenvalue weighted by Gasteiger charge is 2.52. The average molecular weight is 885 g/mol. The lowest BCUT2D eigenvalue weighted by Crippen LogP contribution is -2.67. The average Bonchev–Trinajstić information content (AvgIpc) is 3.66. The molecule has 61 heavy (non-hydrogen) atoms. The van der Waals surface area contributed by atoms with E-state index in [0.29, 0.717) is 48.7 Å². The fourth-order valence-electron chi connectivity index (χ4n) is 7.60. The predicted octanol–water partition coefficient (Wildman–Crippen LogP) is 5.86. The Morgan fingerprint density at radius 2 is 1.43 bits per heavy atom. The zero-order valence-electron chi connectivity index (χ0n) is 35.7. The van der Waals surface area contributed by atoms with Gasteiger partial charge in [-0.05, 0) is 66.9 Å². The van der Waals surface area contributed by atoms with Crippen LogP contribution < -0.4 is 5.32 Å². The van der Waals surface area contributed by atoms with Gasteiger partial charge in [0.15, 0.2) is 8.32 Å². The molecule has 3 heterocycles. The lowest BCUT2D eigenvalue weighted by atomic mass is 9.75. The molecule has 2 aromatic rings.